The molecule has 0 saturated carbocycles. The molecule has 0 aliphatic heterocycles. The first-order valence-electron chi connectivity index (χ1n) is 2.95. The van der Waals surface area contributed by atoms with Gasteiger partial charge < -0.3 is 5.43 Å². The molecule has 0 unspecified atom stereocenters. The zero-order valence-corrected chi connectivity index (χ0v) is 5.52. The van der Waals surface area contributed by atoms with E-state index in [1.54, 1.807) is 28.2 Å². The number of aromatic nitrogens is 4. The van der Waals surface area contributed by atoms with Crippen LogP contribution in [0.1, 0.15) is 0 Å². The number of hydrogen-bond donors (Lipinski definition) is 1. The molecule has 0 fully saturated rings. The maximum absolute atomic E-state index is 4.05. The largest absolute Gasteiger partial charge is 0.313 e. The van der Waals surface area contributed by atoms with E-state index in [-0.39, 0.29) is 0 Å². The van der Waals surface area contributed by atoms with Crippen molar-refractivity contribution >= 4 is 5.65 Å². The Hall–Kier alpha value is -1.52. The van der Waals surface area contributed by atoms with Crippen LogP contribution in [0.15, 0.2) is 18.9 Å². The molecule has 0 saturated heterocycles. The Kier molecular flexibility index (Phi) is 0.913. The Morgan fingerprint density at radius 2 is 2.40 bits per heavy atom. The summed E-state index contributed by atoms with van der Waals surface area (Å²) in [6.07, 6.45) is 5.09. The van der Waals surface area contributed by atoms with Crippen LogP contribution in [0.2, 0.25) is 0 Å². The van der Waals surface area contributed by atoms with Gasteiger partial charge in [0.25, 0.3) is 0 Å². The summed E-state index contributed by atoms with van der Waals surface area (Å²) < 4.78 is 1.81. The lowest BCUT2D eigenvalue weighted by atomic mass is 10.8. The minimum atomic E-state index is 0.842. The summed E-state index contributed by atoms with van der Waals surface area (Å²) in [5.41, 5.74) is 3.76. The highest BCUT2D eigenvalue weighted by Crippen LogP contribution is 1.94. The molecular weight excluding hydrogens is 130 g/mol. The monoisotopic (exact) mass is 137 g/mol. The molecule has 2 heterocycles. The highest BCUT2D eigenvalue weighted by molar-refractivity contribution is 5.32. The van der Waals surface area contributed by atoms with E-state index in [4.69, 9.17) is 0 Å². The third-order valence-electron chi connectivity index (χ3n) is 1.36. The van der Waals surface area contributed by atoms with Gasteiger partial charge in [-0.05, 0) is 0 Å². The fourth-order valence-electron chi connectivity index (χ4n) is 0.875. The van der Waals surface area contributed by atoms with Crippen molar-refractivity contribution in [3.8, 4) is 0 Å². The summed E-state index contributed by atoms with van der Waals surface area (Å²) in [5.74, 6) is 0. The third-order valence-corrected chi connectivity index (χ3v) is 1.36. The zero-order chi connectivity index (χ0) is 6.97. The lowest BCUT2D eigenvalue weighted by Gasteiger charge is -1.98. The number of hydrogen-bond acceptors (Lipinski definition) is 3. The van der Waals surface area contributed by atoms with E-state index < -0.39 is 0 Å². The molecule has 0 radical (unpaired) electrons. The smallest absolute Gasteiger partial charge is 0.175 e. The Labute approximate surface area is 57.3 Å². The highest BCUT2D eigenvalue weighted by atomic mass is 15.6. The van der Waals surface area contributed by atoms with Gasteiger partial charge in [0.2, 0.25) is 0 Å². The Morgan fingerprint density at radius 1 is 1.50 bits per heavy atom. The van der Waals surface area contributed by atoms with Crippen LogP contribution in [0.4, 0.5) is 0 Å². The van der Waals surface area contributed by atoms with E-state index in [0.717, 1.165) is 5.65 Å². The van der Waals surface area contributed by atoms with E-state index >= 15 is 0 Å². The van der Waals surface area contributed by atoms with Crippen LogP contribution >= 0.6 is 0 Å². The fraction of sp³-hybridized carbons (Fsp3) is 0.200. The van der Waals surface area contributed by atoms with Crippen molar-refractivity contribution in [2.75, 3.05) is 12.5 Å². The maximum atomic E-state index is 4.05. The normalized spacial score (nSPS) is 10.5. The van der Waals surface area contributed by atoms with Crippen molar-refractivity contribution in [1.82, 2.24) is 19.3 Å². The summed E-state index contributed by atoms with van der Waals surface area (Å²) >= 11 is 0. The van der Waals surface area contributed by atoms with E-state index in [1.807, 2.05) is 7.05 Å². The molecule has 2 rings (SSSR count). The summed E-state index contributed by atoms with van der Waals surface area (Å²) in [7, 11) is 1.82. The molecule has 0 atom stereocenters. The van der Waals surface area contributed by atoms with Gasteiger partial charge in [0.05, 0.1) is 6.20 Å². The SMILES string of the molecule is CNn1cnc2cncn21. The summed E-state index contributed by atoms with van der Waals surface area (Å²) in [5, 5.41) is 0. The first kappa shape index (κ1) is 5.28. The number of nitrogens with zero attached hydrogens (tertiary/aromatic N) is 4. The molecule has 2 aromatic rings. The van der Waals surface area contributed by atoms with Gasteiger partial charge in [-0.1, -0.05) is 0 Å². The van der Waals surface area contributed by atoms with E-state index in [0.29, 0.717) is 0 Å². The van der Waals surface area contributed by atoms with Crippen LogP contribution < -0.4 is 5.43 Å². The van der Waals surface area contributed by atoms with Gasteiger partial charge in [0.15, 0.2) is 5.65 Å². The van der Waals surface area contributed by atoms with Crippen LogP contribution in [0.3, 0.4) is 0 Å². The molecule has 0 aromatic carbocycles. The number of nitrogens with one attached hydrogen (secondary N) is 1. The molecule has 5 nitrogen and oxygen atoms in total. The van der Waals surface area contributed by atoms with Gasteiger partial charge in [0, 0.05) is 7.05 Å². The molecule has 5 heteroatoms. The van der Waals surface area contributed by atoms with E-state index in [9.17, 15) is 0 Å². The van der Waals surface area contributed by atoms with Crippen molar-refractivity contribution in [1.29, 1.82) is 0 Å². The molecule has 0 spiro atoms. The summed E-state index contributed by atoms with van der Waals surface area (Å²) in [4.78, 5) is 9.70. The summed E-state index contributed by atoms with van der Waals surface area (Å²) in [6.45, 7) is 0. The number of rotatable bonds is 1. The number of fused-ring (bicyclic) bond motifs is 1. The Morgan fingerprint density at radius 3 is 3.20 bits per heavy atom. The van der Waals surface area contributed by atoms with Gasteiger partial charge in [0.1, 0.15) is 12.7 Å². The van der Waals surface area contributed by atoms with Gasteiger partial charge in [-0.3, -0.25) is 0 Å². The van der Waals surface area contributed by atoms with Crippen molar-refractivity contribution in [2.45, 2.75) is 0 Å². The molecule has 0 aliphatic carbocycles. The van der Waals surface area contributed by atoms with Crippen LogP contribution in [-0.4, -0.2) is 26.3 Å². The van der Waals surface area contributed by atoms with Crippen molar-refractivity contribution in [2.24, 2.45) is 0 Å². The maximum Gasteiger partial charge on any atom is 0.175 e. The predicted molar refractivity (Wildman–Crippen MR) is 36.3 cm³/mol. The lowest BCUT2D eigenvalue weighted by molar-refractivity contribution is 0.715. The van der Waals surface area contributed by atoms with Crippen molar-refractivity contribution in [3.63, 3.8) is 0 Å². The molecule has 0 bridgehead atoms. The third kappa shape index (κ3) is 0.513. The molecule has 2 aromatic heterocycles. The van der Waals surface area contributed by atoms with Gasteiger partial charge in [-0.25, -0.2) is 14.5 Å². The zero-order valence-electron chi connectivity index (χ0n) is 5.52. The van der Waals surface area contributed by atoms with Crippen LogP contribution in [0, 0.1) is 0 Å². The predicted octanol–water partition coefficient (Wildman–Crippen LogP) is -0.296. The quantitative estimate of drug-likeness (QED) is 0.587. The van der Waals surface area contributed by atoms with E-state index in [1.165, 1.54) is 0 Å². The first-order valence-corrected chi connectivity index (χ1v) is 2.95. The molecular formula is C5H7N5. The standard InChI is InChI=1S/C5H7N5/c1-6-10-4-8-5-2-7-3-9(5)10/h2-4,6H,1H3. The minimum Gasteiger partial charge on any atom is -0.313 e. The average Bonchev–Trinajstić information content (AvgIpc) is 2.44. The molecule has 1 N–H and O–H groups in total. The topological polar surface area (TPSA) is 47.2 Å². The van der Waals surface area contributed by atoms with Crippen LogP contribution in [0.5, 0.6) is 0 Å². The van der Waals surface area contributed by atoms with Crippen molar-refractivity contribution in [3.05, 3.63) is 18.9 Å². The highest BCUT2D eigenvalue weighted by Gasteiger charge is 1.96. The second-order valence-corrected chi connectivity index (χ2v) is 1.91. The molecule has 10 heavy (non-hydrogen) atoms. The fourth-order valence-corrected chi connectivity index (χ4v) is 0.875. The Balaban J connectivity index is 2.76. The van der Waals surface area contributed by atoms with E-state index in [2.05, 4.69) is 15.4 Å². The second-order valence-electron chi connectivity index (χ2n) is 1.91. The van der Waals surface area contributed by atoms with Gasteiger partial charge in [-0.2, -0.15) is 4.79 Å². The summed E-state index contributed by atoms with van der Waals surface area (Å²) in [6, 6.07) is 0. The average molecular weight is 137 g/mol. The van der Waals surface area contributed by atoms with Gasteiger partial charge in [-0.15, -0.1) is 0 Å². The second kappa shape index (κ2) is 1.73. The van der Waals surface area contributed by atoms with Gasteiger partial charge >= 0.3 is 0 Å². The van der Waals surface area contributed by atoms with Crippen LogP contribution in [-0.2, 0) is 0 Å². The molecule has 0 aliphatic rings. The molecule has 0 amide bonds. The number of imidazole rings is 1. The van der Waals surface area contributed by atoms with Crippen LogP contribution in [0.25, 0.3) is 5.65 Å². The Bertz CT molecular complexity index is 332. The van der Waals surface area contributed by atoms with Crippen molar-refractivity contribution < 1.29 is 0 Å². The minimum absolute atomic E-state index is 0.842. The molecule has 52 valence electrons. The lowest BCUT2D eigenvalue weighted by Crippen LogP contribution is -2.12. The first-order chi connectivity index (χ1) is 4.92.